The van der Waals surface area contributed by atoms with Crippen LogP contribution in [0.4, 0.5) is 11.6 Å². The van der Waals surface area contributed by atoms with E-state index in [1.165, 1.54) is 6.92 Å². The van der Waals surface area contributed by atoms with Crippen LogP contribution in [0.15, 0.2) is 60.8 Å². The van der Waals surface area contributed by atoms with Crippen LogP contribution in [0.2, 0.25) is 0 Å². The number of benzene rings is 1. The molecule has 2 amide bonds. The van der Waals surface area contributed by atoms with Crippen LogP contribution in [-0.2, 0) is 16.1 Å². The van der Waals surface area contributed by atoms with Crippen LogP contribution in [0.25, 0.3) is 11.4 Å². The van der Waals surface area contributed by atoms with Crippen LogP contribution in [0.3, 0.4) is 0 Å². The van der Waals surface area contributed by atoms with Gasteiger partial charge in [-0.25, -0.2) is 9.97 Å². The highest BCUT2D eigenvalue weighted by molar-refractivity contribution is 5.92. The Balaban J connectivity index is 1.36. The second-order valence-electron chi connectivity index (χ2n) is 9.01. The van der Waals surface area contributed by atoms with Crippen molar-refractivity contribution in [3.8, 4) is 11.4 Å². The molecule has 3 aromatic rings. The molecule has 3 heterocycles. The van der Waals surface area contributed by atoms with Gasteiger partial charge < -0.3 is 16.0 Å². The zero-order chi connectivity index (χ0) is 25.9. The van der Waals surface area contributed by atoms with Gasteiger partial charge in [0.25, 0.3) is 0 Å². The minimum absolute atomic E-state index is 0.0872. The molecule has 0 radical (unpaired) electrons. The van der Waals surface area contributed by atoms with Crippen LogP contribution >= 0.6 is 0 Å². The third kappa shape index (κ3) is 8.62. The topological polar surface area (TPSA) is 115 Å². The van der Waals surface area contributed by atoms with Crippen LogP contribution in [0, 0.1) is 0 Å². The van der Waals surface area contributed by atoms with Crippen molar-refractivity contribution >= 4 is 23.5 Å². The van der Waals surface area contributed by atoms with Gasteiger partial charge >= 0.3 is 0 Å². The molecular weight excluding hydrogens is 468 g/mol. The Morgan fingerprint density at radius 1 is 0.892 bits per heavy atom. The van der Waals surface area contributed by atoms with Gasteiger partial charge in [-0.1, -0.05) is 36.4 Å². The summed E-state index contributed by atoms with van der Waals surface area (Å²) in [6.07, 6.45) is 2.82. The fourth-order valence-electron chi connectivity index (χ4n) is 4.19. The molecular formula is C27H34N8O2. The van der Waals surface area contributed by atoms with Crippen LogP contribution < -0.4 is 16.0 Å². The first-order valence-electron chi connectivity index (χ1n) is 12.6. The van der Waals surface area contributed by atoms with Gasteiger partial charge in [-0.3, -0.25) is 24.4 Å². The third-order valence-electron chi connectivity index (χ3n) is 5.99. The van der Waals surface area contributed by atoms with Gasteiger partial charge in [0.15, 0.2) is 5.82 Å². The smallest absolute Gasteiger partial charge is 0.239 e. The first kappa shape index (κ1) is 26.2. The van der Waals surface area contributed by atoms with Crippen molar-refractivity contribution in [2.75, 3.05) is 56.4 Å². The van der Waals surface area contributed by atoms with Crippen molar-refractivity contribution in [1.29, 1.82) is 0 Å². The van der Waals surface area contributed by atoms with Crippen molar-refractivity contribution in [1.82, 2.24) is 30.1 Å². The summed E-state index contributed by atoms with van der Waals surface area (Å²) >= 11 is 0. The van der Waals surface area contributed by atoms with E-state index in [9.17, 15) is 9.59 Å². The summed E-state index contributed by atoms with van der Waals surface area (Å²) in [6.45, 7) is 7.11. The van der Waals surface area contributed by atoms with E-state index >= 15 is 0 Å². The molecule has 0 unspecified atom stereocenters. The number of hydrogen-bond donors (Lipinski definition) is 3. The number of nitrogens with zero attached hydrogens (tertiary/aromatic N) is 5. The fourth-order valence-corrected chi connectivity index (χ4v) is 4.19. The summed E-state index contributed by atoms with van der Waals surface area (Å²) in [7, 11) is 0. The predicted molar refractivity (Wildman–Crippen MR) is 144 cm³/mol. The third-order valence-corrected chi connectivity index (χ3v) is 5.99. The molecule has 2 aromatic heterocycles. The highest BCUT2D eigenvalue weighted by Gasteiger charge is 2.18. The first-order valence-corrected chi connectivity index (χ1v) is 12.6. The Kier molecular flexibility index (Phi) is 9.50. The first-order chi connectivity index (χ1) is 18.0. The van der Waals surface area contributed by atoms with Crippen LogP contribution in [0.1, 0.15) is 19.0 Å². The number of rotatable bonds is 10. The van der Waals surface area contributed by atoms with E-state index in [1.54, 1.807) is 6.07 Å². The quantitative estimate of drug-likeness (QED) is 0.362. The molecule has 1 aliphatic heterocycles. The summed E-state index contributed by atoms with van der Waals surface area (Å²) in [5.41, 5.74) is 1.91. The molecule has 10 heteroatoms. The highest BCUT2D eigenvalue weighted by Crippen LogP contribution is 2.20. The Bertz CT molecular complexity index is 1160. The molecule has 0 atom stereocenters. The number of hydrogen-bond acceptors (Lipinski definition) is 8. The highest BCUT2D eigenvalue weighted by atomic mass is 16.2. The molecule has 3 N–H and O–H groups in total. The number of anilines is 2. The standard InChI is InChI=1S/C27H34N8O2/c1-21(36)28-12-13-30-24-18-25(33-27(32-24)22-8-3-2-4-9-22)31-26(37)20-35-15-7-14-34(16-17-35)19-23-10-5-6-11-29-23/h2-6,8-11,18H,7,12-17,19-20H2,1H3,(H,28,36)(H2,30,31,32,33,37). The zero-order valence-electron chi connectivity index (χ0n) is 21.2. The summed E-state index contributed by atoms with van der Waals surface area (Å²) in [5.74, 6) is 1.33. The average Bonchev–Trinajstić information content (AvgIpc) is 3.12. The van der Waals surface area contributed by atoms with E-state index < -0.39 is 0 Å². The predicted octanol–water partition coefficient (Wildman–Crippen LogP) is 2.23. The molecule has 1 aromatic carbocycles. The van der Waals surface area contributed by atoms with E-state index in [2.05, 4.69) is 40.7 Å². The molecule has 0 spiro atoms. The van der Waals surface area contributed by atoms with Crippen LogP contribution in [-0.4, -0.2) is 82.4 Å². The number of carbonyl (C=O) groups is 2. The minimum Gasteiger partial charge on any atom is -0.368 e. The molecule has 194 valence electrons. The Hall–Kier alpha value is -3.89. The molecule has 10 nitrogen and oxygen atoms in total. The SMILES string of the molecule is CC(=O)NCCNc1cc(NC(=O)CN2CCCN(Cc3ccccn3)CC2)nc(-c2ccccc2)n1. The second-order valence-corrected chi connectivity index (χ2v) is 9.01. The lowest BCUT2D eigenvalue weighted by molar-refractivity contribution is -0.119. The van der Waals surface area contributed by atoms with Gasteiger partial charge in [-0.05, 0) is 31.6 Å². The maximum absolute atomic E-state index is 13.0. The molecule has 0 saturated carbocycles. The molecule has 1 saturated heterocycles. The zero-order valence-corrected chi connectivity index (χ0v) is 21.2. The van der Waals surface area contributed by atoms with E-state index in [-0.39, 0.29) is 11.8 Å². The largest absolute Gasteiger partial charge is 0.368 e. The van der Waals surface area contributed by atoms with Crippen molar-refractivity contribution in [3.05, 3.63) is 66.5 Å². The van der Waals surface area contributed by atoms with Gasteiger partial charge in [-0.2, -0.15) is 0 Å². The van der Waals surface area contributed by atoms with Gasteiger partial charge in [0, 0.05) is 57.5 Å². The number of pyridine rings is 1. The molecule has 1 fully saturated rings. The number of nitrogens with one attached hydrogen (secondary N) is 3. The van der Waals surface area contributed by atoms with Crippen molar-refractivity contribution in [3.63, 3.8) is 0 Å². The second kappa shape index (κ2) is 13.4. The van der Waals surface area contributed by atoms with Crippen molar-refractivity contribution in [2.24, 2.45) is 0 Å². The van der Waals surface area contributed by atoms with E-state index in [1.807, 2.05) is 54.7 Å². The normalized spacial score (nSPS) is 14.5. The summed E-state index contributed by atoms with van der Waals surface area (Å²) < 4.78 is 0. The lowest BCUT2D eigenvalue weighted by atomic mass is 10.2. The van der Waals surface area contributed by atoms with Gasteiger partial charge in [0.2, 0.25) is 11.8 Å². The van der Waals surface area contributed by atoms with Crippen molar-refractivity contribution < 1.29 is 9.59 Å². The molecule has 37 heavy (non-hydrogen) atoms. The molecule has 4 rings (SSSR count). The summed E-state index contributed by atoms with van der Waals surface area (Å²) in [5, 5.41) is 8.90. The van der Waals surface area contributed by atoms with Gasteiger partial charge in [0.1, 0.15) is 11.6 Å². The average molecular weight is 503 g/mol. The maximum atomic E-state index is 13.0. The van der Waals surface area contributed by atoms with E-state index in [4.69, 9.17) is 0 Å². The summed E-state index contributed by atoms with van der Waals surface area (Å²) in [6, 6.07) is 17.3. The maximum Gasteiger partial charge on any atom is 0.239 e. The Labute approximate surface area is 217 Å². The molecule has 0 bridgehead atoms. The molecule has 0 aliphatic carbocycles. The summed E-state index contributed by atoms with van der Waals surface area (Å²) in [4.78, 5) is 42.3. The van der Waals surface area contributed by atoms with E-state index in [0.29, 0.717) is 37.1 Å². The lowest BCUT2D eigenvalue weighted by Gasteiger charge is -2.21. The molecule has 1 aliphatic rings. The minimum atomic E-state index is -0.111. The van der Waals surface area contributed by atoms with Gasteiger partial charge in [0.05, 0.1) is 12.2 Å². The number of carbonyl (C=O) groups excluding carboxylic acids is 2. The van der Waals surface area contributed by atoms with Gasteiger partial charge in [-0.15, -0.1) is 0 Å². The van der Waals surface area contributed by atoms with E-state index in [0.717, 1.165) is 50.4 Å². The monoisotopic (exact) mass is 502 g/mol. The lowest BCUT2D eigenvalue weighted by Crippen LogP contribution is -2.36. The van der Waals surface area contributed by atoms with Crippen molar-refractivity contribution in [2.45, 2.75) is 19.9 Å². The number of aromatic nitrogens is 3. The Morgan fingerprint density at radius 2 is 1.65 bits per heavy atom. The Morgan fingerprint density at radius 3 is 2.43 bits per heavy atom. The van der Waals surface area contributed by atoms with Crippen LogP contribution in [0.5, 0.6) is 0 Å². The number of amides is 2. The fraction of sp³-hybridized carbons (Fsp3) is 0.370.